The molecule has 0 radical (unpaired) electrons. The second kappa shape index (κ2) is 9.97. The summed E-state index contributed by atoms with van der Waals surface area (Å²) in [5, 5.41) is 11.9. The van der Waals surface area contributed by atoms with Gasteiger partial charge in [0.1, 0.15) is 17.3 Å². The standard InChI is InChI=1S/C26H23ClN2O5/c1-3-33-19-11-12-20(21(14-19)34-4-2)24(30)22-23(16-6-5-13-28-15-16)29(26(32)25(22)31)18-9-7-17(27)8-10-18/h5-15,23,30H,3-4H2,1-2H3/b24-22-. The van der Waals surface area contributed by atoms with E-state index in [1.807, 2.05) is 13.8 Å². The Morgan fingerprint density at radius 2 is 1.79 bits per heavy atom. The lowest BCUT2D eigenvalue weighted by molar-refractivity contribution is -0.132. The summed E-state index contributed by atoms with van der Waals surface area (Å²) in [6.45, 7) is 4.47. The molecule has 1 amide bonds. The van der Waals surface area contributed by atoms with Gasteiger partial charge in [0.25, 0.3) is 11.7 Å². The van der Waals surface area contributed by atoms with E-state index in [4.69, 9.17) is 21.1 Å². The largest absolute Gasteiger partial charge is 0.507 e. The van der Waals surface area contributed by atoms with Gasteiger partial charge in [-0.1, -0.05) is 17.7 Å². The number of benzene rings is 2. The third kappa shape index (κ3) is 4.34. The lowest BCUT2D eigenvalue weighted by Gasteiger charge is -2.25. The first-order valence-electron chi connectivity index (χ1n) is 10.8. The number of aromatic nitrogens is 1. The van der Waals surface area contributed by atoms with Crippen molar-refractivity contribution in [2.24, 2.45) is 0 Å². The van der Waals surface area contributed by atoms with E-state index >= 15 is 0 Å². The third-order valence-electron chi connectivity index (χ3n) is 5.37. The van der Waals surface area contributed by atoms with Crippen molar-refractivity contribution >= 4 is 34.7 Å². The van der Waals surface area contributed by atoms with Crippen LogP contribution in [-0.2, 0) is 9.59 Å². The van der Waals surface area contributed by atoms with E-state index in [9.17, 15) is 14.7 Å². The fourth-order valence-electron chi connectivity index (χ4n) is 3.93. The minimum absolute atomic E-state index is 0.0573. The minimum Gasteiger partial charge on any atom is -0.507 e. The summed E-state index contributed by atoms with van der Waals surface area (Å²) in [6.07, 6.45) is 3.16. The van der Waals surface area contributed by atoms with Gasteiger partial charge in [0.05, 0.1) is 30.4 Å². The molecule has 0 aliphatic carbocycles. The molecule has 2 heterocycles. The Hall–Kier alpha value is -3.84. The lowest BCUT2D eigenvalue weighted by Crippen LogP contribution is -2.29. The van der Waals surface area contributed by atoms with E-state index in [1.165, 1.54) is 4.90 Å². The number of carbonyl (C=O) groups is 2. The van der Waals surface area contributed by atoms with Gasteiger partial charge in [-0.25, -0.2) is 0 Å². The normalized spacial score (nSPS) is 17.1. The first-order chi connectivity index (χ1) is 16.5. The monoisotopic (exact) mass is 478 g/mol. The smallest absolute Gasteiger partial charge is 0.300 e. The topological polar surface area (TPSA) is 89.0 Å². The van der Waals surface area contributed by atoms with Crippen LogP contribution in [0.1, 0.15) is 31.0 Å². The molecule has 1 aromatic heterocycles. The zero-order valence-electron chi connectivity index (χ0n) is 18.7. The average molecular weight is 479 g/mol. The van der Waals surface area contributed by atoms with Gasteiger partial charge in [-0.05, 0) is 61.9 Å². The Balaban J connectivity index is 1.92. The van der Waals surface area contributed by atoms with Crippen molar-refractivity contribution in [2.45, 2.75) is 19.9 Å². The molecular formula is C26H23ClN2O5. The van der Waals surface area contributed by atoms with E-state index in [-0.39, 0.29) is 16.9 Å². The van der Waals surface area contributed by atoms with Gasteiger partial charge in [0.15, 0.2) is 0 Å². The molecule has 4 rings (SSSR count). The molecule has 1 atom stereocenters. The summed E-state index contributed by atoms with van der Waals surface area (Å²) < 4.78 is 11.3. The van der Waals surface area contributed by atoms with Crippen molar-refractivity contribution in [1.82, 2.24) is 4.98 Å². The van der Waals surface area contributed by atoms with Crippen LogP contribution in [0.25, 0.3) is 5.76 Å². The van der Waals surface area contributed by atoms with Crippen LogP contribution in [0.3, 0.4) is 0 Å². The van der Waals surface area contributed by atoms with Crippen molar-refractivity contribution in [3.63, 3.8) is 0 Å². The number of ether oxygens (including phenoxy) is 2. The third-order valence-corrected chi connectivity index (χ3v) is 5.62. The number of carbonyl (C=O) groups excluding carboxylic acids is 2. The molecule has 1 unspecified atom stereocenters. The number of aliphatic hydroxyl groups excluding tert-OH is 1. The molecule has 0 bridgehead atoms. The van der Waals surface area contributed by atoms with Crippen molar-refractivity contribution in [3.8, 4) is 11.5 Å². The summed E-state index contributed by atoms with van der Waals surface area (Å²) in [4.78, 5) is 32.0. The molecule has 1 N–H and O–H groups in total. The van der Waals surface area contributed by atoms with Crippen LogP contribution in [0, 0.1) is 0 Å². The molecule has 8 heteroatoms. The van der Waals surface area contributed by atoms with Crippen LogP contribution >= 0.6 is 11.6 Å². The first kappa shape index (κ1) is 23.3. The van der Waals surface area contributed by atoms with Crippen molar-refractivity contribution in [1.29, 1.82) is 0 Å². The molecule has 1 aliphatic heterocycles. The molecule has 0 spiro atoms. The predicted octanol–water partition coefficient (Wildman–Crippen LogP) is 5.16. The van der Waals surface area contributed by atoms with Crippen molar-refractivity contribution in [3.05, 3.63) is 88.7 Å². The Bertz CT molecular complexity index is 1240. The van der Waals surface area contributed by atoms with Crippen molar-refractivity contribution in [2.75, 3.05) is 18.1 Å². The van der Waals surface area contributed by atoms with Gasteiger partial charge < -0.3 is 14.6 Å². The Kier molecular flexibility index (Phi) is 6.84. The second-order valence-electron chi connectivity index (χ2n) is 7.46. The van der Waals surface area contributed by atoms with Gasteiger partial charge in [-0.3, -0.25) is 19.5 Å². The molecule has 1 saturated heterocycles. The SMILES string of the molecule is CCOc1ccc(/C(O)=C2/C(=O)C(=O)N(c3ccc(Cl)cc3)C2c2cccnc2)c(OCC)c1. The molecule has 3 aromatic rings. The summed E-state index contributed by atoms with van der Waals surface area (Å²) in [7, 11) is 0. The van der Waals surface area contributed by atoms with E-state index in [0.29, 0.717) is 41.0 Å². The Labute approximate surface area is 202 Å². The molecule has 7 nitrogen and oxygen atoms in total. The highest BCUT2D eigenvalue weighted by Gasteiger charge is 2.47. The number of pyridine rings is 1. The maximum atomic E-state index is 13.3. The molecule has 0 saturated carbocycles. The highest BCUT2D eigenvalue weighted by Crippen LogP contribution is 2.43. The van der Waals surface area contributed by atoms with Gasteiger partial charge >= 0.3 is 0 Å². The highest BCUT2D eigenvalue weighted by molar-refractivity contribution is 6.51. The molecule has 1 aliphatic rings. The van der Waals surface area contributed by atoms with Gasteiger partial charge in [-0.2, -0.15) is 0 Å². The maximum absolute atomic E-state index is 13.3. The van der Waals surface area contributed by atoms with Crippen LogP contribution in [0.2, 0.25) is 5.02 Å². The van der Waals surface area contributed by atoms with Gasteiger partial charge in [0, 0.05) is 29.2 Å². The van der Waals surface area contributed by atoms with Crippen LogP contribution < -0.4 is 14.4 Å². The number of hydrogen-bond acceptors (Lipinski definition) is 6. The highest BCUT2D eigenvalue weighted by atomic mass is 35.5. The maximum Gasteiger partial charge on any atom is 0.300 e. The second-order valence-corrected chi connectivity index (χ2v) is 7.89. The number of halogens is 1. The lowest BCUT2D eigenvalue weighted by atomic mass is 9.95. The summed E-state index contributed by atoms with van der Waals surface area (Å²) in [6, 6.07) is 14.1. The molecule has 1 fully saturated rings. The van der Waals surface area contributed by atoms with Crippen LogP contribution in [0.15, 0.2) is 72.6 Å². The molecule has 34 heavy (non-hydrogen) atoms. The number of aliphatic hydroxyl groups is 1. The molecule has 174 valence electrons. The van der Waals surface area contributed by atoms with Crippen molar-refractivity contribution < 1.29 is 24.2 Å². The quantitative estimate of drug-likeness (QED) is 0.286. The zero-order chi connectivity index (χ0) is 24.2. The van der Waals surface area contributed by atoms with E-state index < -0.39 is 17.7 Å². The molecular weight excluding hydrogens is 456 g/mol. The number of anilines is 1. The van der Waals surface area contributed by atoms with Gasteiger partial charge in [0.2, 0.25) is 0 Å². The Morgan fingerprint density at radius 1 is 1.06 bits per heavy atom. The number of nitrogens with zero attached hydrogens (tertiary/aromatic N) is 2. The van der Waals surface area contributed by atoms with E-state index in [2.05, 4.69) is 4.98 Å². The minimum atomic E-state index is -0.893. The number of ketones is 1. The van der Waals surface area contributed by atoms with E-state index in [0.717, 1.165) is 0 Å². The zero-order valence-corrected chi connectivity index (χ0v) is 19.5. The number of hydrogen-bond donors (Lipinski definition) is 1. The van der Waals surface area contributed by atoms with Crippen LogP contribution in [-0.4, -0.2) is 35.0 Å². The summed E-state index contributed by atoms with van der Waals surface area (Å²) in [5.41, 5.74) is 1.27. The fourth-order valence-corrected chi connectivity index (χ4v) is 4.05. The van der Waals surface area contributed by atoms with E-state index in [1.54, 1.807) is 67.0 Å². The number of rotatable bonds is 7. The number of amides is 1. The molecule has 2 aromatic carbocycles. The average Bonchev–Trinajstić information content (AvgIpc) is 3.11. The van der Waals surface area contributed by atoms with Gasteiger partial charge in [-0.15, -0.1) is 0 Å². The predicted molar refractivity (Wildman–Crippen MR) is 129 cm³/mol. The summed E-state index contributed by atoms with van der Waals surface area (Å²) >= 11 is 6.02. The van der Waals surface area contributed by atoms with Crippen LogP contribution in [0.4, 0.5) is 5.69 Å². The van der Waals surface area contributed by atoms with Crippen LogP contribution in [0.5, 0.6) is 11.5 Å². The Morgan fingerprint density at radius 3 is 2.44 bits per heavy atom. The number of Topliss-reactive ketones (excluding diaryl/α,β-unsaturated/α-hetero) is 1. The fraction of sp³-hybridized carbons (Fsp3) is 0.192. The summed E-state index contributed by atoms with van der Waals surface area (Å²) in [5.74, 6) is -1.00. The first-order valence-corrected chi connectivity index (χ1v) is 11.2.